The Hall–Kier alpha value is -1.82. The van der Waals surface area contributed by atoms with Crippen molar-refractivity contribution in [1.29, 1.82) is 0 Å². The van der Waals surface area contributed by atoms with Crippen LogP contribution in [0.2, 0.25) is 8.87 Å². The number of carbonyl (C=O) groups is 2. The maximum absolute atomic E-state index is 13.4. The molecule has 57 heavy (non-hydrogen) atoms. The molecular weight excluding hydrogens is 807 g/mol. The standard InChI is InChI=1S/2C18H30O2.2C8H17.Sn/c2*1-2-3-4-5-6-7-8-9-10-11-12-13-14-15-16-17-18(19)20;2*1-3-5-7-8-6-4-2;/h2*3-4,6-7,9-10H,2,5,8,11-17H2,1H3,(H,19,20);2*1,3-8H2,2H3;/q;;;;+2/p-2/b4-3+,7-6+,10-9+;4-3-,7-6-,10-9-;;;. The predicted molar refractivity (Wildman–Crippen MR) is 253 cm³/mol. The minimum absolute atomic E-state index is 0.106. The third kappa shape index (κ3) is 40.7. The van der Waals surface area contributed by atoms with Crippen LogP contribution in [0, 0.1) is 0 Å². The molecule has 4 nitrogen and oxygen atoms in total. The normalized spacial score (nSPS) is 12.6. The molecule has 0 amide bonds. The van der Waals surface area contributed by atoms with Gasteiger partial charge < -0.3 is 0 Å². The summed E-state index contributed by atoms with van der Waals surface area (Å²) in [4.78, 5) is 26.9. The average Bonchev–Trinajstić information content (AvgIpc) is 3.20. The Labute approximate surface area is 359 Å². The van der Waals surface area contributed by atoms with Crippen LogP contribution in [0.5, 0.6) is 0 Å². The molecule has 0 rings (SSSR count). The fourth-order valence-electron chi connectivity index (χ4n) is 6.99. The van der Waals surface area contributed by atoms with Crippen molar-refractivity contribution in [3.63, 3.8) is 0 Å². The quantitative estimate of drug-likeness (QED) is 0.0348. The van der Waals surface area contributed by atoms with E-state index in [1.54, 1.807) is 0 Å². The van der Waals surface area contributed by atoms with Crippen LogP contribution in [-0.2, 0) is 15.7 Å². The summed E-state index contributed by atoms with van der Waals surface area (Å²) in [6.45, 7) is 8.83. The third-order valence-corrected chi connectivity index (χ3v) is 20.3. The second-order valence-corrected chi connectivity index (χ2v) is 25.3. The zero-order valence-electron chi connectivity index (χ0n) is 38.1. The van der Waals surface area contributed by atoms with E-state index in [9.17, 15) is 9.59 Å². The zero-order chi connectivity index (χ0) is 41.6. The minimum atomic E-state index is -3.97. The van der Waals surface area contributed by atoms with E-state index in [-0.39, 0.29) is 11.9 Å². The molecule has 0 atom stereocenters. The van der Waals surface area contributed by atoms with E-state index >= 15 is 0 Å². The first-order valence-electron chi connectivity index (χ1n) is 24.4. The van der Waals surface area contributed by atoms with Crippen molar-refractivity contribution < 1.29 is 15.7 Å². The Morgan fingerprint density at radius 3 is 1.02 bits per heavy atom. The van der Waals surface area contributed by atoms with Gasteiger partial charge in [0, 0.05) is 0 Å². The predicted octanol–water partition coefficient (Wildman–Crippen LogP) is 17.4. The molecule has 0 saturated heterocycles. The molecule has 0 aromatic heterocycles. The molecule has 0 fully saturated rings. The van der Waals surface area contributed by atoms with Gasteiger partial charge in [0.1, 0.15) is 0 Å². The van der Waals surface area contributed by atoms with Crippen molar-refractivity contribution in [3.05, 3.63) is 72.9 Å². The topological polar surface area (TPSA) is 52.6 Å². The summed E-state index contributed by atoms with van der Waals surface area (Å²) >= 11 is -3.97. The Kier molecular flexibility index (Phi) is 43.8. The average molecular weight is 900 g/mol. The number of carbonyl (C=O) groups excluding carboxylic acids is 2. The smallest absolute Gasteiger partial charge is 0.0885 e. The van der Waals surface area contributed by atoms with Crippen molar-refractivity contribution in [3.8, 4) is 0 Å². The molecule has 0 radical (unpaired) electrons. The summed E-state index contributed by atoms with van der Waals surface area (Å²) in [5.41, 5.74) is 0. The molecule has 0 aromatic carbocycles. The van der Waals surface area contributed by atoms with Gasteiger partial charge in [-0.05, 0) is 25.7 Å². The SMILES string of the molecule is CC/C=C\C/C=C\C/C=C\CCCCCCCC(=O)[O][Sn]([CH2]CCCCCCC)([CH2]CCCCCCC)[O]C(=O)CCCCCCC/C=C/C/C=C/C/C=C/CC. The van der Waals surface area contributed by atoms with Crippen LogP contribution in [0.4, 0.5) is 0 Å². The van der Waals surface area contributed by atoms with Gasteiger partial charge in [-0.3, -0.25) is 0 Å². The summed E-state index contributed by atoms with van der Waals surface area (Å²) in [5, 5.41) is 0. The number of allylic oxidation sites excluding steroid dienone is 12. The molecule has 5 heteroatoms. The second kappa shape index (κ2) is 45.3. The Morgan fingerprint density at radius 1 is 0.351 bits per heavy atom. The van der Waals surface area contributed by atoms with Gasteiger partial charge >= 0.3 is 274 Å². The van der Waals surface area contributed by atoms with Crippen molar-refractivity contribution in [2.75, 3.05) is 0 Å². The minimum Gasteiger partial charge on any atom is -0.0885 e. The van der Waals surface area contributed by atoms with Crippen LogP contribution in [0.3, 0.4) is 0 Å². The number of hydrogen-bond acceptors (Lipinski definition) is 4. The molecule has 0 aliphatic rings. The van der Waals surface area contributed by atoms with E-state index in [1.165, 1.54) is 77.0 Å². The first-order chi connectivity index (χ1) is 28.0. The molecule has 0 aromatic rings. The molecule has 0 heterocycles. The molecule has 0 aliphatic heterocycles. The van der Waals surface area contributed by atoms with Crippen molar-refractivity contribution in [1.82, 2.24) is 0 Å². The second-order valence-electron chi connectivity index (χ2n) is 16.1. The molecule has 0 N–H and O–H groups in total. The van der Waals surface area contributed by atoms with Gasteiger partial charge in [0.2, 0.25) is 0 Å². The molecule has 328 valence electrons. The molecular formula is C52H92O4Sn. The van der Waals surface area contributed by atoms with Crippen LogP contribution in [0.25, 0.3) is 0 Å². The van der Waals surface area contributed by atoms with Gasteiger partial charge in [-0.1, -0.05) is 62.5 Å². The Balaban J connectivity index is 4.94. The Morgan fingerprint density at radius 2 is 0.649 bits per heavy atom. The number of unbranched alkanes of at least 4 members (excludes halogenated alkanes) is 20. The van der Waals surface area contributed by atoms with E-state index in [0.29, 0.717) is 12.8 Å². The van der Waals surface area contributed by atoms with Gasteiger partial charge in [-0.15, -0.1) is 0 Å². The molecule has 0 unspecified atom stereocenters. The molecule has 0 aliphatic carbocycles. The summed E-state index contributed by atoms with van der Waals surface area (Å²) in [5.74, 6) is -0.211. The van der Waals surface area contributed by atoms with Gasteiger partial charge in [0.15, 0.2) is 0 Å². The van der Waals surface area contributed by atoms with E-state index in [0.717, 1.165) is 124 Å². The van der Waals surface area contributed by atoms with Gasteiger partial charge in [0.05, 0.1) is 0 Å². The summed E-state index contributed by atoms with van der Waals surface area (Å²) in [7, 11) is 0. The summed E-state index contributed by atoms with van der Waals surface area (Å²) in [6.07, 6.45) is 61.6. The monoisotopic (exact) mass is 901 g/mol. The van der Waals surface area contributed by atoms with Crippen LogP contribution in [0.1, 0.15) is 233 Å². The van der Waals surface area contributed by atoms with Crippen molar-refractivity contribution in [2.24, 2.45) is 0 Å². The maximum atomic E-state index is 13.4. The van der Waals surface area contributed by atoms with E-state index < -0.39 is 19.2 Å². The zero-order valence-corrected chi connectivity index (χ0v) is 41.0. The van der Waals surface area contributed by atoms with Crippen molar-refractivity contribution in [2.45, 2.75) is 242 Å². The molecule has 0 spiro atoms. The van der Waals surface area contributed by atoms with Gasteiger partial charge in [-0.25, -0.2) is 0 Å². The first kappa shape index (κ1) is 55.2. The van der Waals surface area contributed by atoms with Crippen LogP contribution in [0.15, 0.2) is 72.9 Å². The fraction of sp³-hybridized carbons (Fsp3) is 0.731. The van der Waals surface area contributed by atoms with Gasteiger partial charge in [0.25, 0.3) is 0 Å². The van der Waals surface area contributed by atoms with Crippen LogP contribution >= 0.6 is 0 Å². The first-order valence-corrected chi connectivity index (χ1v) is 30.7. The Bertz CT molecular complexity index is 984. The fourth-order valence-corrected chi connectivity index (χ4v) is 16.4. The number of hydrogen-bond donors (Lipinski definition) is 0. The summed E-state index contributed by atoms with van der Waals surface area (Å²) < 4.78 is 14.7. The molecule has 0 bridgehead atoms. The third-order valence-electron chi connectivity index (χ3n) is 10.5. The molecule has 0 saturated carbocycles. The van der Waals surface area contributed by atoms with Crippen molar-refractivity contribution >= 4 is 31.1 Å². The van der Waals surface area contributed by atoms with Gasteiger partial charge in [-0.2, -0.15) is 0 Å². The van der Waals surface area contributed by atoms with E-state index in [1.807, 2.05) is 0 Å². The van der Waals surface area contributed by atoms with E-state index in [4.69, 9.17) is 6.15 Å². The van der Waals surface area contributed by atoms with Crippen LogP contribution < -0.4 is 0 Å². The summed E-state index contributed by atoms with van der Waals surface area (Å²) in [6, 6.07) is 0. The van der Waals surface area contributed by atoms with Crippen LogP contribution in [-0.4, -0.2) is 31.1 Å². The van der Waals surface area contributed by atoms with E-state index in [2.05, 4.69) is 101 Å². The number of rotatable bonds is 42.